The first-order valence-corrected chi connectivity index (χ1v) is 8.66. The van der Waals surface area contributed by atoms with Crippen molar-refractivity contribution in [1.82, 2.24) is 10.3 Å². The highest BCUT2D eigenvalue weighted by Crippen LogP contribution is 2.41. The Morgan fingerprint density at radius 1 is 1.08 bits per heavy atom. The Balaban J connectivity index is 1.83. The van der Waals surface area contributed by atoms with Crippen molar-refractivity contribution in [3.63, 3.8) is 0 Å². The molecule has 4 nitrogen and oxygen atoms in total. The lowest BCUT2D eigenvalue weighted by Crippen LogP contribution is -2.29. The zero-order valence-corrected chi connectivity index (χ0v) is 15.0. The number of rotatable bonds is 3. The van der Waals surface area contributed by atoms with Crippen molar-refractivity contribution >= 4 is 23.0 Å². The van der Waals surface area contributed by atoms with Gasteiger partial charge in [0.1, 0.15) is 11.8 Å². The molecule has 0 radical (unpaired) electrons. The average Bonchev–Trinajstić information content (AvgIpc) is 3.22. The molecule has 4 rings (SSSR count). The SMILES string of the molecule is Cc1cc(C)cc(N2C(=S)N[C@@H](c3ccccn3)[C@H]2c2ccco2)c1. The predicted molar refractivity (Wildman–Crippen MR) is 103 cm³/mol. The van der Waals surface area contributed by atoms with Gasteiger partial charge in [-0.2, -0.15) is 0 Å². The van der Waals surface area contributed by atoms with Gasteiger partial charge in [-0.1, -0.05) is 12.1 Å². The van der Waals surface area contributed by atoms with E-state index in [4.69, 9.17) is 16.6 Å². The van der Waals surface area contributed by atoms with Crippen LogP contribution in [-0.2, 0) is 0 Å². The molecule has 1 aliphatic heterocycles. The zero-order valence-electron chi connectivity index (χ0n) is 14.1. The molecule has 3 heterocycles. The van der Waals surface area contributed by atoms with Gasteiger partial charge in [0.25, 0.3) is 0 Å². The lowest BCUT2D eigenvalue weighted by atomic mass is 10.0. The molecule has 126 valence electrons. The van der Waals surface area contributed by atoms with Crippen molar-refractivity contribution in [3.8, 4) is 0 Å². The number of aryl methyl sites for hydroxylation is 2. The van der Waals surface area contributed by atoms with Crippen LogP contribution in [0.5, 0.6) is 0 Å². The molecule has 0 aliphatic carbocycles. The van der Waals surface area contributed by atoms with Crippen molar-refractivity contribution in [1.29, 1.82) is 0 Å². The average molecular weight is 349 g/mol. The molecular weight excluding hydrogens is 330 g/mol. The number of pyridine rings is 1. The van der Waals surface area contributed by atoms with Crippen LogP contribution in [0.25, 0.3) is 0 Å². The fourth-order valence-electron chi connectivity index (χ4n) is 3.47. The summed E-state index contributed by atoms with van der Waals surface area (Å²) >= 11 is 5.68. The number of thiocarbonyl (C=S) groups is 1. The van der Waals surface area contributed by atoms with Crippen LogP contribution in [0.2, 0.25) is 0 Å². The van der Waals surface area contributed by atoms with Crippen molar-refractivity contribution in [3.05, 3.63) is 83.6 Å². The quantitative estimate of drug-likeness (QED) is 0.707. The molecule has 0 amide bonds. The Bertz CT molecular complexity index is 872. The van der Waals surface area contributed by atoms with Gasteiger partial charge in [0.05, 0.1) is 18.0 Å². The maximum atomic E-state index is 5.76. The van der Waals surface area contributed by atoms with Gasteiger partial charge in [0, 0.05) is 11.9 Å². The molecule has 0 saturated carbocycles. The highest BCUT2D eigenvalue weighted by molar-refractivity contribution is 7.80. The summed E-state index contributed by atoms with van der Waals surface area (Å²) in [6.45, 7) is 4.20. The summed E-state index contributed by atoms with van der Waals surface area (Å²) in [5.74, 6) is 0.863. The molecule has 1 aliphatic rings. The van der Waals surface area contributed by atoms with Crippen molar-refractivity contribution in [2.75, 3.05) is 4.90 Å². The first kappa shape index (κ1) is 15.8. The normalized spacial score (nSPS) is 19.9. The maximum absolute atomic E-state index is 5.76. The highest BCUT2D eigenvalue weighted by Gasteiger charge is 2.42. The van der Waals surface area contributed by atoms with Crippen molar-refractivity contribution in [2.45, 2.75) is 25.9 Å². The third-order valence-electron chi connectivity index (χ3n) is 4.42. The van der Waals surface area contributed by atoms with E-state index in [1.807, 2.05) is 30.3 Å². The molecule has 1 saturated heterocycles. The van der Waals surface area contributed by atoms with Gasteiger partial charge in [-0.25, -0.2) is 0 Å². The van der Waals surface area contributed by atoms with Gasteiger partial charge in [-0.05, 0) is 73.6 Å². The first-order valence-electron chi connectivity index (χ1n) is 8.26. The lowest BCUT2D eigenvalue weighted by Gasteiger charge is -2.26. The Morgan fingerprint density at radius 2 is 1.88 bits per heavy atom. The summed E-state index contributed by atoms with van der Waals surface area (Å²) in [6, 6.07) is 16.1. The monoisotopic (exact) mass is 349 g/mol. The van der Waals surface area contributed by atoms with Crippen LogP contribution >= 0.6 is 12.2 Å². The number of nitrogens with zero attached hydrogens (tertiary/aromatic N) is 2. The summed E-state index contributed by atoms with van der Waals surface area (Å²) in [4.78, 5) is 6.66. The predicted octanol–water partition coefficient (Wildman–Crippen LogP) is 4.47. The largest absolute Gasteiger partial charge is 0.467 e. The maximum Gasteiger partial charge on any atom is 0.174 e. The van der Waals surface area contributed by atoms with E-state index in [-0.39, 0.29) is 12.1 Å². The van der Waals surface area contributed by atoms with E-state index in [2.05, 4.69) is 47.2 Å². The molecule has 1 N–H and O–H groups in total. The highest BCUT2D eigenvalue weighted by atomic mass is 32.1. The Kier molecular flexibility index (Phi) is 4.01. The van der Waals surface area contributed by atoms with Crippen LogP contribution in [0.15, 0.2) is 65.4 Å². The van der Waals surface area contributed by atoms with E-state index in [1.54, 1.807) is 12.5 Å². The summed E-state index contributed by atoms with van der Waals surface area (Å²) < 4.78 is 5.76. The molecule has 1 aromatic carbocycles. The molecule has 3 aromatic rings. The third-order valence-corrected chi connectivity index (χ3v) is 4.73. The van der Waals surface area contributed by atoms with E-state index < -0.39 is 0 Å². The van der Waals surface area contributed by atoms with Crippen LogP contribution in [0.3, 0.4) is 0 Å². The van der Waals surface area contributed by atoms with Crippen LogP contribution in [-0.4, -0.2) is 10.1 Å². The number of furan rings is 1. The first-order chi connectivity index (χ1) is 12.1. The van der Waals surface area contributed by atoms with Gasteiger partial charge in [0.15, 0.2) is 5.11 Å². The number of benzene rings is 1. The minimum absolute atomic E-state index is 0.0688. The van der Waals surface area contributed by atoms with E-state index in [0.717, 1.165) is 17.1 Å². The van der Waals surface area contributed by atoms with Crippen LogP contribution in [0.1, 0.15) is 34.7 Å². The van der Waals surface area contributed by atoms with E-state index in [9.17, 15) is 0 Å². The lowest BCUT2D eigenvalue weighted by molar-refractivity contribution is 0.432. The van der Waals surface area contributed by atoms with Crippen molar-refractivity contribution in [2.24, 2.45) is 0 Å². The third kappa shape index (κ3) is 2.91. The number of anilines is 1. The van der Waals surface area contributed by atoms with Crippen LogP contribution in [0, 0.1) is 13.8 Å². The molecule has 25 heavy (non-hydrogen) atoms. The zero-order chi connectivity index (χ0) is 17.4. The van der Waals surface area contributed by atoms with Gasteiger partial charge < -0.3 is 14.6 Å². The summed E-state index contributed by atoms with van der Waals surface area (Å²) in [5, 5.41) is 4.11. The Hall–Kier alpha value is -2.66. The molecule has 0 bridgehead atoms. The second kappa shape index (κ2) is 6.33. The molecule has 5 heteroatoms. The van der Waals surface area contributed by atoms with E-state index in [0.29, 0.717) is 5.11 Å². The minimum Gasteiger partial charge on any atom is -0.467 e. The second-order valence-corrected chi connectivity index (χ2v) is 6.74. The number of hydrogen-bond acceptors (Lipinski definition) is 3. The van der Waals surface area contributed by atoms with Crippen LogP contribution < -0.4 is 10.2 Å². The second-order valence-electron chi connectivity index (χ2n) is 6.36. The number of aromatic nitrogens is 1. The standard InChI is InChI=1S/C20H19N3OS/c1-13-10-14(2)12-15(11-13)23-19(17-7-5-9-24-17)18(22-20(23)25)16-6-3-4-8-21-16/h3-12,18-19H,1-2H3,(H,22,25)/t18-,19+/m0/s1. The number of hydrogen-bond donors (Lipinski definition) is 1. The molecule has 0 spiro atoms. The fraction of sp³-hybridized carbons (Fsp3) is 0.200. The number of nitrogens with one attached hydrogen (secondary N) is 1. The smallest absolute Gasteiger partial charge is 0.174 e. The van der Waals surface area contributed by atoms with Gasteiger partial charge in [0.2, 0.25) is 0 Å². The summed E-state index contributed by atoms with van der Waals surface area (Å²) in [6.07, 6.45) is 3.50. The van der Waals surface area contributed by atoms with E-state index in [1.165, 1.54) is 11.1 Å². The van der Waals surface area contributed by atoms with Gasteiger partial charge in [-0.15, -0.1) is 0 Å². The molecule has 2 aromatic heterocycles. The molecule has 1 fully saturated rings. The fourth-order valence-corrected chi connectivity index (χ4v) is 3.82. The summed E-state index contributed by atoms with van der Waals surface area (Å²) in [5.41, 5.74) is 4.42. The minimum atomic E-state index is -0.0846. The Labute approximate surface area is 152 Å². The van der Waals surface area contributed by atoms with Crippen LogP contribution in [0.4, 0.5) is 5.69 Å². The van der Waals surface area contributed by atoms with Gasteiger partial charge in [-0.3, -0.25) is 4.98 Å². The Morgan fingerprint density at radius 3 is 2.52 bits per heavy atom. The molecule has 2 atom stereocenters. The molecule has 0 unspecified atom stereocenters. The summed E-state index contributed by atoms with van der Waals surface area (Å²) in [7, 11) is 0. The molecular formula is C20H19N3OS. The topological polar surface area (TPSA) is 41.3 Å². The van der Waals surface area contributed by atoms with Crippen molar-refractivity contribution < 1.29 is 4.42 Å². The van der Waals surface area contributed by atoms with E-state index >= 15 is 0 Å². The van der Waals surface area contributed by atoms with Gasteiger partial charge >= 0.3 is 0 Å².